The molecule has 2 heteroatoms. The van der Waals surface area contributed by atoms with Crippen molar-refractivity contribution >= 4 is 5.69 Å². The van der Waals surface area contributed by atoms with Gasteiger partial charge in [-0.25, -0.2) is 0 Å². The summed E-state index contributed by atoms with van der Waals surface area (Å²) in [6, 6.07) is 8.72. The van der Waals surface area contributed by atoms with Crippen LogP contribution in [0.25, 0.3) is 0 Å². The fourth-order valence-electron chi connectivity index (χ4n) is 3.93. The fourth-order valence-corrected chi connectivity index (χ4v) is 3.93. The zero-order valence-electron chi connectivity index (χ0n) is 12.9. The van der Waals surface area contributed by atoms with Gasteiger partial charge in [0.15, 0.2) is 0 Å². The summed E-state index contributed by atoms with van der Waals surface area (Å²) >= 11 is 0. The molecular weight excluding hydrogens is 234 g/mol. The van der Waals surface area contributed by atoms with Crippen molar-refractivity contribution in [3.05, 3.63) is 24.3 Å². The van der Waals surface area contributed by atoms with Crippen molar-refractivity contribution in [2.45, 2.75) is 53.0 Å². The molecule has 1 aliphatic rings. The Morgan fingerprint density at radius 2 is 1.63 bits per heavy atom. The van der Waals surface area contributed by atoms with Gasteiger partial charge in [0.1, 0.15) is 5.75 Å². The molecule has 0 heterocycles. The second-order valence-electron chi connectivity index (χ2n) is 7.45. The van der Waals surface area contributed by atoms with Crippen molar-refractivity contribution in [2.75, 3.05) is 12.4 Å². The summed E-state index contributed by atoms with van der Waals surface area (Å²) in [6.07, 6.45) is 3.73. The number of hydrogen-bond donors (Lipinski definition) is 1. The first kappa shape index (κ1) is 14.2. The molecule has 0 atom stereocenters. The van der Waals surface area contributed by atoms with Crippen LogP contribution in [0, 0.1) is 10.8 Å². The smallest absolute Gasteiger partial charge is 0.141 e. The third-order valence-electron chi connectivity index (χ3n) is 4.02. The van der Waals surface area contributed by atoms with E-state index >= 15 is 0 Å². The van der Waals surface area contributed by atoms with E-state index in [1.165, 1.54) is 19.3 Å². The number of ether oxygens (including phenoxy) is 1. The van der Waals surface area contributed by atoms with E-state index in [2.05, 4.69) is 45.1 Å². The van der Waals surface area contributed by atoms with Crippen LogP contribution >= 0.6 is 0 Å². The molecule has 1 aromatic rings. The summed E-state index contributed by atoms with van der Waals surface area (Å²) in [4.78, 5) is 0. The van der Waals surface area contributed by atoms with E-state index in [-0.39, 0.29) is 0 Å². The van der Waals surface area contributed by atoms with E-state index in [1.807, 2.05) is 12.1 Å². The first-order chi connectivity index (χ1) is 8.81. The lowest BCUT2D eigenvalue weighted by Crippen LogP contribution is -2.40. The highest BCUT2D eigenvalue weighted by molar-refractivity contribution is 5.56. The first-order valence-corrected chi connectivity index (χ1v) is 7.21. The van der Waals surface area contributed by atoms with E-state index in [4.69, 9.17) is 4.74 Å². The minimum absolute atomic E-state index is 0.404. The van der Waals surface area contributed by atoms with Gasteiger partial charge in [0.05, 0.1) is 12.8 Å². The molecule has 19 heavy (non-hydrogen) atoms. The Labute approximate surface area is 117 Å². The molecule has 1 saturated carbocycles. The lowest BCUT2D eigenvalue weighted by atomic mass is 9.63. The van der Waals surface area contributed by atoms with Gasteiger partial charge in [-0.1, -0.05) is 39.8 Å². The Morgan fingerprint density at radius 1 is 1.05 bits per heavy atom. The standard InChI is InChI=1S/C17H27NO/c1-16(2)10-13(11-17(3,4)12-16)18-14-8-6-7-9-15(14)19-5/h6-9,13,18H,10-12H2,1-5H3. The predicted molar refractivity (Wildman–Crippen MR) is 81.8 cm³/mol. The summed E-state index contributed by atoms with van der Waals surface area (Å²) in [7, 11) is 1.73. The van der Waals surface area contributed by atoms with Crippen LogP contribution in [0.3, 0.4) is 0 Å². The molecule has 2 rings (SSSR count). The topological polar surface area (TPSA) is 21.3 Å². The number of benzene rings is 1. The maximum atomic E-state index is 5.43. The molecule has 0 aromatic heterocycles. The molecule has 0 aliphatic heterocycles. The second-order valence-corrected chi connectivity index (χ2v) is 7.45. The lowest BCUT2D eigenvalue weighted by molar-refractivity contribution is 0.105. The molecule has 106 valence electrons. The van der Waals surface area contributed by atoms with Crippen LogP contribution in [0.5, 0.6) is 5.75 Å². The van der Waals surface area contributed by atoms with Gasteiger partial charge < -0.3 is 10.1 Å². The summed E-state index contributed by atoms with van der Waals surface area (Å²) in [5, 5.41) is 3.69. The molecule has 0 amide bonds. The minimum atomic E-state index is 0.404. The molecule has 0 saturated heterocycles. The highest BCUT2D eigenvalue weighted by Crippen LogP contribution is 2.46. The number of para-hydroxylation sites is 2. The monoisotopic (exact) mass is 261 g/mol. The normalized spacial score (nSPS) is 21.9. The molecule has 0 spiro atoms. The van der Waals surface area contributed by atoms with Crippen molar-refractivity contribution in [3.8, 4) is 5.75 Å². The number of nitrogens with one attached hydrogen (secondary N) is 1. The number of methoxy groups -OCH3 is 1. The molecule has 0 unspecified atom stereocenters. The Hall–Kier alpha value is -1.18. The van der Waals surface area contributed by atoms with Crippen molar-refractivity contribution in [1.29, 1.82) is 0 Å². The van der Waals surface area contributed by atoms with E-state index in [1.54, 1.807) is 7.11 Å². The van der Waals surface area contributed by atoms with Gasteiger partial charge in [0.25, 0.3) is 0 Å². The lowest BCUT2D eigenvalue weighted by Gasteiger charge is -2.45. The average Bonchev–Trinajstić information content (AvgIpc) is 2.25. The number of hydrogen-bond acceptors (Lipinski definition) is 2. The third kappa shape index (κ3) is 3.65. The molecule has 1 fully saturated rings. The summed E-state index contributed by atoms with van der Waals surface area (Å²) in [6.45, 7) is 9.52. The van der Waals surface area contributed by atoms with E-state index in [0.29, 0.717) is 16.9 Å². The van der Waals surface area contributed by atoms with Crippen molar-refractivity contribution in [3.63, 3.8) is 0 Å². The Kier molecular flexibility index (Phi) is 3.80. The largest absolute Gasteiger partial charge is 0.495 e. The van der Waals surface area contributed by atoms with Crippen molar-refractivity contribution < 1.29 is 4.74 Å². The van der Waals surface area contributed by atoms with Crippen molar-refractivity contribution in [1.82, 2.24) is 0 Å². The van der Waals surface area contributed by atoms with E-state index in [0.717, 1.165) is 11.4 Å². The highest BCUT2D eigenvalue weighted by Gasteiger charge is 2.38. The number of rotatable bonds is 3. The van der Waals surface area contributed by atoms with Gasteiger partial charge in [-0.15, -0.1) is 0 Å². The van der Waals surface area contributed by atoms with Gasteiger partial charge in [-0.2, -0.15) is 0 Å². The first-order valence-electron chi connectivity index (χ1n) is 7.21. The molecular formula is C17H27NO. The summed E-state index contributed by atoms with van der Waals surface area (Å²) in [5.74, 6) is 0.934. The van der Waals surface area contributed by atoms with Crippen LogP contribution in [0.2, 0.25) is 0 Å². The van der Waals surface area contributed by atoms with Gasteiger partial charge in [-0.05, 0) is 42.2 Å². The molecule has 1 N–H and O–H groups in total. The Bertz CT molecular complexity index is 421. The maximum absolute atomic E-state index is 5.43. The number of anilines is 1. The average molecular weight is 261 g/mol. The van der Waals surface area contributed by atoms with Gasteiger partial charge in [-0.3, -0.25) is 0 Å². The molecule has 2 nitrogen and oxygen atoms in total. The maximum Gasteiger partial charge on any atom is 0.141 e. The van der Waals surface area contributed by atoms with Crippen LogP contribution in [0.1, 0.15) is 47.0 Å². The van der Waals surface area contributed by atoms with E-state index in [9.17, 15) is 0 Å². The molecule has 0 radical (unpaired) electrons. The van der Waals surface area contributed by atoms with Gasteiger partial charge >= 0.3 is 0 Å². The molecule has 0 bridgehead atoms. The highest BCUT2D eigenvalue weighted by atomic mass is 16.5. The van der Waals surface area contributed by atoms with Gasteiger partial charge in [0.2, 0.25) is 0 Å². The van der Waals surface area contributed by atoms with Crippen LogP contribution in [0.15, 0.2) is 24.3 Å². The van der Waals surface area contributed by atoms with Crippen molar-refractivity contribution in [2.24, 2.45) is 10.8 Å². The SMILES string of the molecule is COc1ccccc1NC1CC(C)(C)CC(C)(C)C1. The van der Waals surface area contributed by atoms with Crippen LogP contribution < -0.4 is 10.1 Å². The second kappa shape index (κ2) is 5.07. The zero-order valence-corrected chi connectivity index (χ0v) is 12.9. The summed E-state index contributed by atoms with van der Waals surface area (Å²) < 4.78 is 5.43. The van der Waals surface area contributed by atoms with Crippen LogP contribution in [-0.4, -0.2) is 13.2 Å². The minimum Gasteiger partial charge on any atom is -0.495 e. The zero-order chi connectivity index (χ0) is 14.1. The quantitative estimate of drug-likeness (QED) is 0.850. The van der Waals surface area contributed by atoms with Crippen LogP contribution in [0.4, 0.5) is 5.69 Å². The molecule has 1 aromatic carbocycles. The summed E-state index contributed by atoms with van der Waals surface area (Å²) in [5.41, 5.74) is 1.92. The van der Waals surface area contributed by atoms with Crippen LogP contribution in [-0.2, 0) is 0 Å². The van der Waals surface area contributed by atoms with Gasteiger partial charge in [0, 0.05) is 6.04 Å². The predicted octanol–water partition coefficient (Wildman–Crippen LogP) is 4.71. The molecule has 1 aliphatic carbocycles. The van der Waals surface area contributed by atoms with E-state index < -0.39 is 0 Å². The third-order valence-corrected chi connectivity index (χ3v) is 4.02. The fraction of sp³-hybridized carbons (Fsp3) is 0.647. The Morgan fingerprint density at radius 3 is 2.21 bits per heavy atom. The Balaban J connectivity index is 2.14.